The molecular formula is C12H11F3N2O. The summed E-state index contributed by atoms with van der Waals surface area (Å²) in [5.74, 6) is -0.255. The number of benzene rings is 1. The lowest BCUT2D eigenvalue weighted by Gasteiger charge is -2.10. The Morgan fingerprint density at radius 1 is 1.00 bits per heavy atom. The molecule has 0 radical (unpaired) electrons. The van der Waals surface area contributed by atoms with E-state index in [-0.39, 0.29) is 5.91 Å². The fourth-order valence-electron chi connectivity index (χ4n) is 1.64. The second-order valence-corrected chi connectivity index (χ2v) is 3.85. The van der Waals surface area contributed by atoms with Crippen LogP contribution in [0.25, 0.3) is 5.70 Å². The van der Waals surface area contributed by atoms with Crippen molar-refractivity contribution in [3.8, 4) is 0 Å². The number of amides is 1. The SMILES string of the molecule is O=C1C=C(c2ccc(C(F)(F)F)cc2)NCCN1. The molecule has 2 rings (SSSR count). The standard InChI is InChI=1S/C12H11F3N2O/c13-12(14,15)9-3-1-8(2-4-9)10-7-11(18)17-6-5-16-10/h1-4,7,16H,5-6H2,(H,17,18). The number of halogens is 3. The molecule has 0 atom stereocenters. The van der Waals surface area contributed by atoms with Gasteiger partial charge < -0.3 is 10.6 Å². The second-order valence-electron chi connectivity index (χ2n) is 3.85. The third-order valence-corrected chi connectivity index (χ3v) is 2.54. The highest BCUT2D eigenvalue weighted by Gasteiger charge is 2.30. The molecule has 0 aliphatic carbocycles. The Hall–Kier alpha value is -1.98. The Labute approximate surface area is 102 Å². The van der Waals surface area contributed by atoms with Crippen LogP contribution in [0.4, 0.5) is 13.2 Å². The molecule has 1 heterocycles. The minimum absolute atomic E-state index is 0.255. The number of alkyl halides is 3. The molecule has 1 aliphatic heterocycles. The molecule has 0 saturated heterocycles. The fourth-order valence-corrected chi connectivity index (χ4v) is 1.64. The maximum absolute atomic E-state index is 12.4. The topological polar surface area (TPSA) is 41.1 Å². The Bertz CT molecular complexity index is 477. The van der Waals surface area contributed by atoms with Gasteiger partial charge in [-0.1, -0.05) is 12.1 Å². The highest BCUT2D eigenvalue weighted by atomic mass is 19.4. The maximum Gasteiger partial charge on any atom is 0.416 e. The van der Waals surface area contributed by atoms with Gasteiger partial charge in [0, 0.05) is 24.9 Å². The van der Waals surface area contributed by atoms with Gasteiger partial charge in [-0.15, -0.1) is 0 Å². The summed E-state index contributed by atoms with van der Waals surface area (Å²) in [4.78, 5) is 11.3. The van der Waals surface area contributed by atoms with E-state index < -0.39 is 11.7 Å². The van der Waals surface area contributed by atoms with Crippen LogP contribution in [0, 0.1) is 0 Å². The number of nitrogens with one attached hydrogen (secondary N) is 2. The Kier molecular flexibility index (Phi) is 3.27. The van der Waals surface area contributed by atoms with Crippen LogP contribution >= 0.6 is 0 Å². The summed E-state index contributed by atoms with van der Waals surface area (Å²) in [7, 11) is 0. The Morgan fingerprint density at radius 3 is 2.22 bits per heavy atom. The van der Waals surface area contributed by atoms with Crippen molar-refractivity contribution in [2.75, 3.05) is 13.1 Å². The van der Waals surface area contributed by atoms with E-state index in [4.69, 9.17) is 0 Å². The molecule has 0 saturated carbocycles. The van der Waals surface area contributed by atoms with E-state index in [1.165, 1.54) is 18.2 Å². The van der Waals surface area contributed by atoms with Crippen LogP contribution < -0.4 is 10.6 Å². The first-order chi connectivity index (χ1) is 8.47. The van der Waals surface area contributed by atoms with E-state index in [1.807, 2.05) is 0 Å². The zero-order valence-corrected chi connectivity index (χ0v) is 9.34. The van der Waals surface area contributed by atoms with Gasteiger partial charge in [0.25, 0.3) is 0 Å². The maximum atomic E-state index is 12.4. The molecule has 6 heteroatoms. The fraction of sp³-hybridized carbons (Fsp3) is 0.250. The highest BCUT2D eigenvalue weighted by Crippen LogP contribution is 2.29. The average Bonchev–Trinajstić information content (AvgIpc) is 2.53. The van der Waals surface area contributed by atoms with Crippen molar-refractivity contribution >= 4 is 11.6 Å². The zero-order valence-electron chi connectivity index (χ0n) is 9.34. The molecule has 18 heavy (non-hydrogen) atoms. The Balaban J connectivity index is 2.26. The van der Waals surface area contributed by atoms with Crippen LogP contribution in [0.1, 0.15) is 11.1 Å². The van der Waals surface area contributed by atoms with E-state index in [0.29, 0.717) is 24.4 Å². The quantitative estimate of drug-likeness (QED) is 0.804. The molecule has 1 aliphatic rings. The van der Waals surface area contributed by atoms with Gasteiger partial charge >= 0.3 is 6.18 Å². The molecule has 1 aromatic carbocycles. The number of hydrogen-bond donors (Lipinski definition) is 2. The van der Waals surface area contributed by atoms with Gasteiger partial charge in [-0.2, -0.15) is 13.2 Å². The van der Waals surface area contributed by atoms with Crippen LogP contribution in [-0.4, -0.2) is 19.0 Å². The van der Waals surface area contributed by atoms with Gasteiger partial charge in [0.15, 0.2) is 0 Å². The van der Waals surface area contributed by atoms with E-state index in [2.05, 4.69) is 10.6 Å². The van der Waals surface area contributed by atoms with Crippen LogP contribution in [0.5, 0.6) is 0 Å². The highest BCUT2D eigenvalue weighted by molar-refractivity contribution is 5.95. The first kappa shape index (κ1) is 12.5. The predicted octanol–water partition coefficient (Wildman–Crippen LogP) is 1.77. The van der Waals surface area contributed by atoms with Crippen LogP contribution in [-0.2, 0) is 11.0 Å². The van der Waals surface area contributed by atoms with Gasteiger partial charge in [0.1, 0.15) is 0 Å². The minimum atomic E-state index is -4.35. The van der Waals surface area contributed by atoms with Crippen molar-refractivity contribution in [2.24, 2.45) is 0 Å². The molecule has 2 N–H and O–H groups in total. The molecule has 1 amide bonds. The molecular weight excluding hydrogens is 245 g/mol. The van der Waals surface area contributed by atoms with Gasteiger partial charge in [-0.25, -0.2) is 0 Å². The van der Waals surface area contributed by atoms with Crippen molar-refractivity contribution in [3.63, 3.8) is 0 Å². The molecule has 0 fully saturated rings. The lowest BCUT2D eigenvalue weighted by molar-refractivity contribution is -0.137. The summed E-state index contributed by atoms with van der Waals surface area (Å²) in [5, 5.41) is 5.61. The molecule has 0 bridgehead atoms. The van der Waals surface area contributed by atoms with Gasteiger partial charge in [-0.05, 0) is 17.7 Å². The van der Waals surface area contributed by atoms with Gasteiger partial charge in [-0.3, -0.25) is 4.79 Å². The van der Waals surface area contributed by atoms with E-state index in [1.54, 1.807) is 0 Å². The molecule has 1 aromatic rings. The Morgan fingerprint density at radius 2 is 1.61 bits per heavy atom. The second kappa shape index (κ2) is 4.72. The summed E-state index contributed by atoms with van der Waals surface area (Å²) in [6.07, 6.45) is -3.00. The lowest BCUT2D eigenvalue weighted by Crippen LogP contribution is -2.25. The number of rotatable bonds is 1. The molecule has 0 unspecified atom stereocenters. The van der Waals surface area contributed by atoms with Crippen LogP contribution in [0.15, 0.2) is 30.3 Å². The summed E-state index contributed by atoms with van der Waals surface area (Å²) in [6.45, 7) is 1.03. The molecule has 0 aromatic heterocycles. The predicted molar refractivity (Wildman–Crippen MR) is 60.4 cm³/mol. The number of carbonyl (C=O) groups is 1. The normalized spacial score (nSPS) is 16.4. The number of hydrogen-bond acceptors (Lipinski definition) is 2. The average molecular weight is 256 g/mol. The minimum Gasteiger partial charge on any atom is -0.383 e. The largest absolute Gasteiger partial charge is 0.416 e. The van der Waals surface area contributed by atoms with E-state index in [9.17, 15) is 18.0 Å². The summed E-state index contributed by atoms with van der Waals surface area (Å²) < 4.78 is 37.2. The first-order valence-electron chi connectivity index (χ1n) is 5.38. The zero-order chi connectivity index (χ0) is 13.2. The van der Waals surface area contributed by atoms with Crippen molar-refractivity contribution < 1.29 is 18.0 Å². The summed E-state index contributed by atoms with van der Waals surface area (Å²) >= 11 is 0. The third-order valence-electron chi connectivity index (χ3n) is 2.54. The van der Waals surface area contributed by atoms with E-state index >= 15 is 0 Å². The summed E-state index contributed by atoms with van der Waals surface area (Å²) in [5.41, 5.74) is 0.378. The lowest BCUT2D eigenvalue weighted by atomic mass is 10.1. The van der Waals surface area contributed by atoms with Crippen molar-refractivity contribution in [2.45, 2.75) is 6.18 Å². The van der Waals surface area contributed by atoms with Crippen molar-refractivity contribution in [1.29, 1.82) is 0 Å². The van der Waals surface area contributed by atoms with Crippen LogP contribution in [0.2, 0.25) is 0 Å². The molecule has 96 valence electrons. The number of carbonyl (C=O) groups excluding carboxylic acids is 1. The van der Waals surface area contributed by atoms with Crippen molar-refractivity contribution in [3.05, 3.63) is 41.5 Å². The van der Waals surface area contributed by atoms with Gasteiger partial charge in [0.2, 0.25) is 5.91 Å². The smallest absolute Gasteiger partial charge is 0.383 e. The summed E-state index contributed by atoms with van der Waals surface area (Å²) in [6, 6.07) is 4.70. The van der Waals surface area contributed by atoms with Gasteiger partial charge in [0.05, 0.1) is 5.56 Å². The van der Waals surface area contributed by atoms with Crippen LogP contribution in [0.3, 0.4) is 0 Å². The molecule has 0 spiro atoms. The first-order valence-corrected chi connectivity index (χ1v) is 5.38. The third kappa shape index (κ3) is 2.82. The van der Waals surface area contributed by atoms with Crippen molar-refractivity contribution in [1.82, 2.24) is 10.6 Å². The van der Waals surface area contributed by atoms with E-state index in [0.717, 1.165) is 12.1 Å². The monoisotopic (exact) mass is 256 g/mol. The molecule has 3 nitrogen and oxygen atoms in total.